The highest BCUT2D eigenvalue weighted by Crippen LogP contribution is 2.31. The molecule has 1 aromatic carbocycles. The van der Waals surface area contributed by atoms with Gasteiger partial charge < -0.3 is 10.4 Å². The number of hydrogen-bond acceptors (Lipinski definition) is 2. The Kier molecular flexibility index (Phi) is 1.58. The molecule has 2 N–H and O–H groups in total. The molecular weight excluding hydrogens is 150 g/mol. The van der Waals surface area contributed by atoms with Crippen molar-refractivity contribution in [3.05, 3.63) is 29.8 Å². The predicted octanol–water partition coefficient (Wildman–Crippen LogP) is 1.41. The van der Waals surface area contributed by atoms with Crippen LogP contribution in [0, 0.1) is 0 Å². The van der Waals surface area contributed by atoms with Gasteiger partial charge in [0.2, 0.25) is 0 Å². The molecule has 0 bridgehead atoms. The number of benzene rings is 1. The second-order valence-corrected chi connectivity index (χ2v) is 3.68. The molecule has 0 aliphatic carbocycles. The zero-order chi connectivity index (χ0) is 8.60. The molecule has 1 aromatic rings. The molecule has 1 atom stereocenters. The zero-order valence-electron chi connectivity index (χ0n) is 7.17. The van der Waals surface area contributed by atoms with E-state index in [1.54, 1.807) is 0 Å². The van der Waals surface area contributed by atoms with E-state index in [1.807, 2.05) is 19.1 Å². The number of nitrogens with one attached hydrogen (secondary N) is 1. The van der Waals surface area contributed by atoms with E-state index >= 15 is 0 Å². The predicted molar refractivity (Wildman–Crippen MR) is 49.3 cm³/mol. The van der Waals surface area contributed by atoms with Crippen LogP contribution in [0.5, 0.6) is 0 Å². The Bertz CT molecular complexity index is 271. The third-order valence-corrected chi connectivity index (χ3v) is 2.38. The van der Waals surface area contributed by atoms with Gasteiger partial charge in [0.1, 0.15) is 0 Å². The first-order valence-electron chi connectivity index (χ1n) is 4.20. The second kappa shape index (κ2) is 2.49. The number of aliphatic hydroxyl groups is 1. The van der Waals surface area contributed by atoms with E-state index in [1.165, 1.54) is 5.56 Å². The summed E-state index contributed by atoms with van der Waals surface area (Å²) in [5, 5.41) is 12.4. The van der Waals surface area contributed by atoms with Gasteiger partial charge >= 0.3 is 0 Å². The molecule has 1 heterocycles. The first kappa shape index (κ1) is 7.62. The van der Waals surface area contributed by atoms with Gasteiger partial charge in [0.05, 0.1) is 12.1 Å². The summed E-state index contributed by atoms with van der Waals surface area (Å²) in [6, 6.07) is 8.19. The minimum Gasteiger partial charge on any atom is -0.394 e. The lowest BCUT2D eigenvalue weighted by atomic mass is 9.99. The van der Waals surface area contributed by atoms with Crippen LogP contribution in [0.3, 0.4) is 0 Å². The zero-order valence-corrected chi connectivity index (χ0v) is 7.17. The molecule has 0 spiro atoms. The average molecular weight is 163 g/mol. The smallest absolute Gasteiger partial charge is 0.0662 e. The topological polar surface area (TPSA) is 32.3 Å². The molecule has 0 aromatic heterocycles. The lowest BCUT2D eigenvalue weighted by Gasteiger charge is -2.21. The first-order chi connectivity index (χ1) is 5.73. The van der Waals surface area contributed by atoms with E-state index < -0.39 is 0 Å². The van der Waals surface area contributed by atoms with Gasteiger partial charge in [-0.1, -0.05) is 18.2 Å². The van der Waals surface area contributed by atoms with E-state index in [0.717, 1.165) is 12.1 Å². The normalized spacial score (nSPS) is 26.5. The van der Waals surface area contributed by atoms with Crippen LogP contribution in [0.1, 0.15) is 12.5 Å². The molecule has 0 saturated carbocycles. The van der Waals surface area contributed by atoms with E-state index in [4.69, 9.17) is 5.11 Å². The highest BCUT2D eigenvalue weighted by molar-refractivity contribution is 5.58. The van der Waals surface area contributed by atoms with E-state index in [-0.39, 0.29) is 12.1 Å². The molecule has 64 valence electrons. The highest BCUT2D eigenvalue weighted by Gasteiger charge is 2.30. The highest BCUT2D eigenvalue weighted by atomic mass is 16.3. The lowest BCUT2D eigenvalue weighted by molar-refractivity contribution is 0.227. The molecule has 0 amide bonds. The van der Waals surface area contributed by atoms with Crippen molar-refractivity contribution in [2.45, 2.75) is 18.9 Å². The molecule has 1 aliphatic rings. The fraction of sp³-hybridized carbons (Fsp3) is 0.400. The van der Waals surface area contributed by atoms with Gasteiger partial charge in [-0.15, -0.1) is 0 Å². The van der Waals surface area contributed by atoms with Crippen molar-refractivity contribution in [1.29, 1.82) is 0 Å². The van der Waals surface area contributed by atoms with Crippen LogP contribution in [0.25, 0.3) is 0 Å². The van der Waals surface area contributed by atoms with Crippen LogP contribution in [0.15, 0.2) is 24.3 Å². The summed E-state index contributed by atoms with van der Waals surface area (Å²) in [6.07, 6.45) is 0.916. The third-order valence-electron chi connectivity index (χ3n) is 2.38. The van der Waals surface area contributed by atoms with Gasteiger partial charge in [0.15, 0.2) is 0 Å². The van der Waals surface area contributed by atoms with Crippen LogP contribution in [0.4, 0.5) is 5.69 Å². The number of hydrogen-bond donors (Lipinski definition) is 2. The Morgan fingerprint density at radius 3 is 2.92 bits per heavy atom. The van der Waals surface area contributed by atoms with Gasteiger partial charge in [-0.2, -0.15) is 0 Å². The van der Waals surface area contributed by atoms with Gasteiger partial charge in [-0.25, -0.2) is 0 Å². The van der Waals surface area contributed by atoms with Crippen molar-refractivity contribution >= 4 is 5.69 Å². The van der Waals surface area contributed by atoms with Gasteiger partial charge in [-0.05, 0) is 25.0 Å². The Morgan fingerprint density at radius 1 is 1.50 bits per heavy atom. The largest absolute Gasteiger partial charge is 0.394 e. The number of para-hydroxylation sites is 1. The molecular formula is C10H13NO. The fourth-order valence-corrected chi connectivity index (χ4v) is 1.68. The number of rotatable bonds is 1. The van der Waals surface area contributed by atoms with Gasteiger partial charge in [0, 0.05) is 5.69 Å². The van der Waals surface area contributed by atoms with Crippen LogP contribution in [-0.2, 0) is 6.42 Å². The summed E-state index contributed by atoms with van der Waals surface area (Å²) in [4.78, 5) is 0. The average Bonchev–Trinajstić information content (AvgIpc) is 2.42. The molecule has 2 heteroatoms. The summed E-state index contributed by atoms with van der Waals surface area (Å²) >= 11 is 0. The minimum absolute atomic E-state index is 0.149. The molecule has 0 saturated heterocycles. The Balaban J connectivity index is 2.33. The van der Waals surface area contributed by atoms with Crippen molar-refractivity contribution in [3.8, 4) is 0 Å². The maximum absolute atomic E-state index is 9.13. The SMILES string of the molecule is C[C@@]1(CO)Cc2ccccc2N1. The van der Waals surface area contributed by atoms with Crippen molar-refractivity contribution in [1.82, 2.24) is 0 Å². The molecule has 12 heavy (non-hydrogen) atoms. The minimum atomic E-state index is -0.149. The molecule has 2 nitrogen and oxygen atoms in total. The molecule has 2 rings (SSSR count). The standard InChI is InChI=1S/C10H13NO/c1-10(7-12)6-8-4-2-3-5-9(8)11-10/h2-5,11-12H,6-7H2,1H3/t10-/m0/s1. The van der Waals surface area contributed by atoms with Crippen molar-refractivity contribution in [2.75, 3.05) is 11.9 Å². The summed E-state index contributed by atoms with van der Waals surface area (Å²) in [5.41, 5.74) is 2.31. The molecule has 0 unspecified atom stereocenters. The summed E-state index contributed by atoms with van der Waals surface area (Å²) in [5.74, 6) is 0. The fourth-order valence-electron chi connectivity index (χ4n) is 1.68. The summed E-state index contributed by atoms with van der Waals surface area (Å²) in [6.45, 7) is 2.22. The van der Waals surface area contributed by atoms with E-state index in [9.17, 15) is 0 Å². The Labute approximate surface area is 72.2 Å². The summed E-state index contributed by atoms with van der Waals surface area (Å²) in [7, 11) is 0. The maximum atomic E-state index is 9.13. The van der Waals surface area contributed by atoms with E-state index in [2.05, 4.69) is 17.4 Å². The number of anilines is 1. The number of fused-ring (bicyclic) bond motifs is 1. The van der Waals surface area contributed by atoms with Crippen LogP contribution >= 0.6 is 0 Å². The van der Waals surface area contributed by atoms with Crippen molar-refractivity contribution in [3.63, 3.8) is 0 Å². The van der Waals surface area contributed by atoms with E-state index in [0.29, 0.717) is 0 Å². The Hall–Kier alpha value is -1.02. The van der Waals surface area contributed by atoms with Gasteiger partial charge in [0.25, 0.3) is 0 Å². The molecule has 0 fully saturated rings. The van der Waals surface area contributed by atoms with Crippen LogP contribution < -0.4 is 5.32 Å². The quantitative estimate of drug-likeness (QED) is 0.656. The third kappa shape index (κ3) is 1.08. The summed E-state index contributed by atoms with van der Waals surface area (Å²) < 4.78 is 0. The van der Waals surface area contributed by atoms with Crippen LogP contribution in [0.2, 0.25) is 0 Å². The number of aliphatic hydroxyl groups excluding tert-OH is 1. The first-order valence-corrected chi connectivity index (χ1v) is 4.20. The lowest BCUT2D eigenvalue weighted by Crippen LogP contribution is -2.36. The second-order valence-electron chi connectivity index (χ2n) is 3.68. The Morgan fingerprint density at radius 2 is 2.25 bits per heavy atom. The molecule has 1 aliphatic heterocycles. The monoisotopic (exact) mass is 163 g/mol. The maximum Gasteiger partial charge on any atom is 0.0662 e. The van der Waals surface area contributed by atoms with Crippen molar-refractivity contribution in [2.24, 2.45) is 0 Å². The van der Waals surface area contributed by atoms with Crippen molar-refractivity contribution < 1.29 is 5.11 Å². The van der Waals surface area contributed by atoms with Crippen LogP contribution in [-0.4, -0.2) is 17.3 Å². The molecule has 0 radical (unpaired) electrons. The van der Waals surface area contributed by atoms with Gasteiger partial charge in [-0.3, -0.25) is 0 Å².